The van der Waals surface area contributed by atoms with Crippen LogP contribution in [0.15, 0.2) is 72.3 Å². The number of imide groups is 2. The van der Waals surface area contributed by atoms with Crippen LogP contribution >= 0.6 is 11.6 Å². The molecule has 3 aromatic carbocycles. The largest absolute Gasteiger partial charge is 0.465 e. The number of rotatable bonds is 5. The SMILES string of the molecule is COC(=O)c1ccc(N2C(=O)NC(=O)/C(=C\c3cc(Cl)ccc3Cc3cccc(F)c3)C2=O)cc1. The maximum Gasteiger partial charge on any atom is 0.337 e. The number of methoxy groups -OCH3 is 1. The van der Waals surface area contributed by atoms with E-state index in [2.05, 4.69) is 10.1 Å². The first-order valence-electron chi connectivity index (χ1n) is 10.4. The predicted molar refractivity (Wildman–Crippen MR) is 127 cm³/mol. The van der Waals surface area contributed by atoms with E-state index in [9.17, 15) is 23.6 Å². The van der Waals surface area contributed by atoms with Gasteiger partial charge in [-0.1, -0.05) is 29.8 Å². The summed E-state index contributed by atoms with van der Waals surface area (Å²) in [6.45, 7) is 0. The van der Waals surface area contributed by atoms with Crippen molar-refractivity contribution >= 4 is 47.2 Å². The highest BCUT2D eigenvalue weighted by Crippen LogP contribution is 2.26. The van der Waals surface area contributed by atoms with Crippen molar-refractivity contribution in [1.29, 1.82) is 0 Å². The van der Waals surface area contributed by atoms with Crippen LogP contribution in [0.2, 0.25) is 5.02 Å². The lowest BCUT2D eigenvalue weighted by Crippen LogP contribution is -2.54. The van der Waals surface area contributed by atoms with Gasteiger partial charge in [0.05, 0.1) is 18.4 Å². The normalized spacial score (nSPS) is 14.8. The van der Waals surface area contributed by atoms with Gasteiger partial charge in [-0.3, -0.25) is 14.9 Å². The molecule has 0 saturated carbocycles. The van der Waals surface area contributed by atoms with E-state index in [0.29, 0.717) is 28.1 Å². The van der Waals surface area contributed by atoms with Crippen LogP contribution in [-0.2, 0) is 20.7 Å². The summed E-state index contributed by atoms with van der Waals surface area (Å²) in [5, 5.41) is 2.52. The average Bonchev–Trinajstić information content (AvgIpc) is 2.83. The lowest BCUT2D eigenvalue weighted by molar-refractivity contribution is -0.122. The van der Waals surface area contributed by atoms with Crippen LogP contribution in [-0.4, -0.2) is 30.9 Å². The second-order valence-corrected chi connectivity index (χ2v) is 8.08. The van der Waals surface area contributed by atoms with Gasteiger partial charge in [0, 0.05) is 5.02 Å². The summed E-state index contributed by atoms with van der Waals surface area (Å²) in [5.74, 6) is -2.67. The molecule has 1 saturated heterocycles. The molecule has 1 aliphatic heterocycles. The molecule has 1 fully saturated rings. The fourth-order valence-corrected chi connectivity index (χ4v) is 3.82. The van der Waals surface area contributed by atoms with E-state index in [0.717, 1.165) is 4.90 Å². The standard InChI is InChI=1S/C26H18ClFN2O5/c1-35-25(33)16-6-9-21(10-7-16)30-24(32)22(23(31)29-26(30)34)14-18-13-19(27)8-5-17(18)11-15-3-2-4-20(28)12-15/h2-10,12-14H,11H2,1H3,(H,29,31,34)/b22-14+. The van der Waals surface area contributed by atoms with Crippen molar-refractivity contribution in [2.24, 2.45) is 0 Å². The van der Waals surface area contributed by atoms with Gasteiger partial charge in [0.1, 0.15) is 11.4 Å². The summed E-state index contributed by atoms with van der Waals surface area (Å²) in [4.78, 5) is 50.8. The minimum atomic E-state index is -0.922. The van der Waals surface area contributed by atoms with Crippen LogP contribution in [0.4, 0.5) is 14.9 Å². The van der Waals surface area contributed by atoms with Gasteiger partial charge in [0.15, 0.2) is 0 Å². The second-order valence-electron chi connectivity index (χ2n) is 7.65. The number of carbonyl (C=O) groups excluding carboxylic acids is 4. The minimum absolute atomic E-state index is 0.157. The Bertz CT molecular complexity index is 1380. The molecule has 3 aromatic rings. The summed E-state index contributed by atoms with van der Waals surface area (Å²) in [6, 6.07) is 15.7. The smallest absolute Gasteiger partial charge is 0.337 e. The van der Waals surface area contributed by atoms with Crippen LogP contribution in [0, 0.1) is 5.82 Å². The molecule has 35 heavy (non-hydrogen) atoms. The number of anilines is 1. The second kappa shape index (κ2) is 9.90. The zero-order valence-electron chi connectivity index (χ0n) is 18.4. The third-order valence-electron chi connectivity index (χ3n) is 5.34. The number of benzene rings is 3. The molecule has 0 spiro atoms. The van der Waals surface area contributed by atoms with Gasteiger partial charge in [-0.25, -0.2) is 18.9 Å². The van der Waals surface area contributed by atoms with E-state index in [1.54, 1.807) is 30.3 Å². The molecular weight excluding hydrogens is 475 g/mol. The zero-order valence-corrected chi connectivity index (χ0v) is 19.1. The van der Waals surface area contributed by atoms with Gasteiger partial charge < -0.3 is 4.74 Å². The Morgan fingerprint density at radius 2 is 1.80 bits per heavy atom. The van der Waals surface area contributed by atoms with E-state index in [-0.39, 0.29) is 22.6 Å². The monoisotopic (exact) mass is 492 g/mol. The quantitative estimate of drug-likeness (QED) is 0.321. The van der Waals surface area contributed by atoms with E-state index in [1.807, 2.05) is 0 Å². The van der Waals surface area contributed by atoms with Crippen LogP contribution < -0.4 is 10.2 Å². The third-order valence-corrected chi connectivity index (χ3v) is 5.57. The van der Waals surface area contributed by atoms with E-state index < -0.39 is 23.8 Å². The summed E-state index contributed by atoms with van der Waals surface area (Å²) in [6.07, 6.45) is 1.67. The van der Waals surface area contributed by atoms with Gasteiger partial charge >= 0.3 is 12.0 Å². The fraction of sp³-hybridized carbons (Fsp3) is 0.0769. The van der Waals surface area contributed by atoms with Crippen LogP contribution in [0.5, 0.6) is 0 Å². The zero-order chi connectivity index (χ0) is 25.1. The molecule has 1 aliphatic rings. The number of hydrogen-bond donors (Lipinski definition) is 1. The number of esters is 1. The van der Waals surface area contributed by atoms with Crippen LogP contribution in [0.3, 0.4) is 0 Å². The first-order valence-corrected chi connectivity index (χ1v) is 10.8. The molecule has 4 rings (SSSR count). The highest BCUT2D eigenvalue weighted by Gasteiger charge is 2.37. The van der Waals surface area contributed by atoms with Crippen molar-refractivity contribution in [3.8, 4) is 0 Å². The molecule has 0 atom stereocenters. The molecule has 7 nitrogen and oxygen atoms in total. The van der Waals surface area contributed by atoms with Crippen molar-refractivity contribution in [2.75, 3.05) is 12.0 Å². The minimum Gasteiger partial charge on any atom is -0.465 e. The van der Waals surface area contributed by atoms with Gasteiger partial charge in [0.25, 0.3) is 11.8 Å². The molecule has 4 amide bonds. The Morgan fingerprint density at radius 3 is 2.49 bits per heavy atom. The molecule has 0 aromatic heterocycles. The molecule has 0 aliphatic carbocycles. The number of barbiturate groups is 1. The Kier molecular flexibility index (Phi) is 6.75. The van der Waals surface area contributed by atoms with Crippen molar-refractivity contribution in [1.82, 2.24) is 5.32 Å². The highest BCUT2D eigenvalue weighted by atomic mass is 35.5. The number of ether oxygens (including phenoxy) is 1. The number of hydrogen-bond acceptors (Lipinski definition) is 5. The molecule has 9 heteroatoms. The van der Waals surface area contributed by atoms with Crippen molar-refractivity contribution in [2.45, 2.75) is 6.42 Å². The molecular formula is C26H18ClFN2O5. The topological polar surface area (TPSA) is 92.8 Å². The lowest BCUT2D eigenvalue weighted by Gasteiger charge is -2.26. The molecule has 1 N–H and O–H groups in total. The summed E-state index contributed by atoms with van der Waals surface area (Å²) >= 11 is 6.16. The van der Waals surface area contributed by atoms with Crippen molar-refractivity contribution < 1.29 is 28.3 Å². The van der Waals surface area contributed by atoms with Gasteiger partial charge in [-0.15, -0.1) is 0 Å². The van der Waals surface area contributed by atoms with E-state index in [4.69, 9.17) is 11.6 Å². The average molecular weight is 493 g/mol. The van der Waals surface area contributed by atoms with Crippen LogP contribution in [0.25, 0.3) is 6.08 Å². The van der Waals surface area contributed by atoms with E-state index in [1.165, 1.54) is 49.6 Å². The maximum absolute atomic E-state index is 13.6. The molecule has 0 bridgehead atoms. The van der Waals surface area contributed by atoms with Gasteiger partial charge in [-0.2, -0.15) is 0 Å². The fourth-order valence-electron chi connectivity index (χ4n) is 3.64. The van der Waals surface area contributed by atoms with Gasteiger partial charge in [-0.05, 0) is 77.7 Å². The van der Waals surface area contributed by atoms with E-state index >= 15 is 0 Å². The molecule has 0 unspecified atom stereocenters. The number of urea groups is 1. The maximum atomic E-state index is 13.6. The Morgan fingerprint density at radius 1 is 1.06 bits per heavy atom. The first-order chi connectivity index (χ1) is 16.8. The highest BCUT2D eigenvalue weighted by molar-refractivity contribution is 6.39. The summed E-state index contributed by atoms with van der Waals surface area (Å²) < 4.78 is 18.3. The van der Waals surface area contributed by atoms with Gasteiger partial charge in [0.2, 0.25) is 0 Å². The van der Waals surface area contributed by atoms with Crippen LogP contribution in [0.1, 0.15) is 27.0 Å². The number of carbonyl (C=O) groups is 4. The number of halogens is 2. The Balaban J connectivity index is 1.70. The van der Waals surface area contributed by atoms with Crippen molar-refractivity contribution in [3.63, 3.8) is 0 Å². The summed E-state index contributed by atoms with van der Waals surface area (Å²) in [5.41, 5.74) is 1.95. The molecule has 0 radical (unpaired) electrons. The van der Waals surface area contributed by atoms with Crippen molar-refractivity contribution in [3.05, 3.63) is 105 Å². The lowest BCUT2D eigenvalue weighted by atomic mass is 9.97. The Hall–Kier alpha value is -4.30. The number of amides is 4. The number of nitrogens with zero attached hydrogens (tertiary/aromatic N) is 1. The molecule has 176 valence electrons. The predicted octanol–water partition coefficient (Wildman–Crippen LogP) is 4.52. The third kappa shape index (κ3) is 5.12. The number of nitrogens with one attached hydrogen (secondary N) is 1. The summed E-state index contributed by atoms with van der Waals surface area (Å²) in [7, 11) is 1.24. The Labute approximate surface area is 204 Å². The first kappa shape index (κ1) is 23.8. The molecule has 1 heterocycles.